The summed E-state index contributed by atoms with van der Waals surface area (Å²) in [5, 5.41) is 0.165. The summed E-state index contributed by atoms with van der Waals surface area (Å²) in [7, 11) is 0.837. The minimum Gasteiger partial charge on any atom is -0.465 e. The molecule has 0 bridgehead atoms. The molecule has 198 valence electrons. The molecular formula is C19H16F11NO3S. The minimum absolute atomic E-state index is 0.140. The van der Waals surface area contributed by atoms with E-state index in [0.717, 1.165) is 18.8 Å². The number of anilines is 1. The summed E-state index contributed by atoms with van der Waals surface area (Å²) < 4.78 is 158. The number of ether oxygens (including phenoxy) is 1. The molecular weight excluding hydrogens is 531 g/mol. The number of hydrogen-bond acceptors (Lipinski definition) is 4. The van der Waals surface area contributed by atoms with Crippen LogP contribution in [-0.2, 0) is 22.4 Å². The molecule has 35 heavy (non-hydrogen) atoms. The second kappa shape index (κ2) is 8.20. The van der Waals surface area contributed by atoms with Gasteiger partial charge < -0.3 is 10.1 Å². The second-order valence-corrected chi connectivity index (χ2v) is 9.20. The first kappa shape index (κ1) is 27.5. The van der Waals surface area contributed by atoms with Crippen LogP contribution in [0, 0.1) is 0 Å². The Labute approximate surface area is 193 Å². The van der Waals surface area contributed by atoms with Crippen molar-refractivity contribution in [1.82, 2.24) is 0 Å². The molecule has 2 aliphatic carbocycles. The maximum absolute atomic E-state index is 15.1. The van der Waals surface area contributed by atoms with Crippen LogP contribution in [0.5, 0.6) is 0 Å². The Morgan fingerprint density at radius 3 is 1.69 bits per heavy atom. The number of esters is 1. The highest BCUT2D eigenvalue weighted by Crippen LogP contribution is 2.69. The van der Waals surface area contributed by atoms with E-state index in [2.05, 4.69) is 4.74 Å². The fourth-order valence-corrected chi connectivity index (χ4v) is 5.29. The largest absolute Gasteiger partial charge is 0.465 e. The van der Waals surface area contributed by atoms with Gasteiger partial charge >= 0.3 is 41.3 Å². The number of methoxy groups -OCH3 is 1. The molecule has 1 saturated carbocycles. The lowest BCUT2D eigenvalue weighted by Crippen LogP contribution is -2.86. The van der Waals surface area contributed by atoms with Gasteiger partial charge in [-0.05, 0) is 31.2 Å². The zero-order valence-corrected chi connectivity index (χ0v) is 18.3. The molecule has 0 aliphatic heterocycles. The molecule has 0 aromatic carbocycles. The van der Waals surface area contributed by atoms with Crippen LogP contribution in [0.2, 0.25) is 0 Å². The van der Waals surface area contributed by atoms with E-state index in [4.69, 9.17) is 0 Å². The predicted molar refractivity (Wildman–Crippen MR) is 98.7 cm³/mol. The van der Waals surface area contributed by atoms with Crippen molar-refractivity contribution in [1.29, 1.82) is 0 Å². The maximum Gasteiger partial charge on any atom is 0.384 e. The number of alkyl halides is 11. The Hall–Kier alpha value is -2.13. The van der Waals surface area contributed by atoms with Crippen molar-refractivity contribution in [2.45, 2.75) is 73.8 Å². The topological polar surface area (TPSA) is 55.4 Å². The highest BCUT2D eigenvalue weighted by molar-refractivity contribution is 7.17. The number of thiophene rings is 1. The van der Waals surface area contributed by atoms with Crippen LogP contribution in [0.25, 0.3) is 0 Å². The van der Waals surface area contributed by atoms with Crippen LogP contribution in [0.15, 0.2) is 0 Å². The average Bonchev–Trinajstić information content (AvgIpc) is 3.06. The zero-order chi connectivity index (χ0) is 26.8. The van der Waals surface area contributed by atoms with Gasteiger partial charge in [-0.15, -0.1) is 11.3 Å². The smallest absolute Gasteiger partial charge is 0.384 e. The third-order valence-electron chi connectivity index (χ3n) is 6.04. The molecule has 16 heteroatoms. The van der Waals surface area contributed by atoms with E-state index >= 15 is 4.39 Å². The molecule has 4 nitrogen and oxygen atoms in total. The Morgan fingerprint density at radius 2 is 1.20 bits per heavy atom. The highest BCUT2D eigenvalue weighted by atomic mass is 32.1. The van der Waals surface area contributed by atoms with Crippen molar-refractivity contribution >= 4 is 28.2 Å². The number of halogens is 11. The average molecular weight is 547 g/mol. The van der Waals surface area contributed by atoms with E-state index in [1.54, 1.807) is 0 Å². The summed E-state index contributed by atoms with van der Waals surface area (Å²) in [6, 6.07) is 0. The van der Waals surface area contributed by atoms with Crippen LogP contribution < -0.4 is 5.32 Å². The molecule has 1 aromatic rings. The van der Waals surface area contributed by atoms with Crippen LogP contribution in [0.3, 0.4) is 0 Å². The van der Waals surface area contributed by atoms with Crippen molar-refractivity contribution in [3.63, 3.8) is 0 Å². The van der Waals surface area contributed by atoms with Crippen molar-refractivity contribution in [2.75, 3.05) is 12.4 Å². The molecule has 0 atom stereocenters. The van der Waals surface area contributed by atoms with Gasteiger partial charge in [0.05, 0.1) is 12.7 Å². The number of nitrogens with one attached hydrogen (secondary N) is 1. The standard InChI is InChI=1S/C19H16F11NO3S/c1-34-12(32)10-8-6-4-2-3-5-7-9(8)35-11(10)31-13(33)14(20)15(21,22)17(25,26)19(29,30)18(27,28)16(14,23)24/h2-7H2,1H3,(H,31,33). The van der Waals surface area contributed by atoms with Gasteiger partial charge in [0, 0.05) is 4.88 Å². The van der Waals surface area contributed by atoms with E-state index in [-0.39, 0.29) is 18.4 Å². The maximum atomic E-state index is 15.1. The fourth-order valence-electron chi connectivity index (χ4n) is 4.02. The van der Waals surface area contributed by atoms with Crippen molar-refractivity contribution in [2.24, 2.45) is 0 Å². The van der Waals surface area contributed by atoms with Crippen LogP contribution in [0.1, 0.15) is 46.5 Å². The normalized spacial score (nSPS) is 25.5. The molecule has 1 amide bonds. The summed E-state index contributed by atoms with van der Waals surface area (Å²) in [6.45, 7) is 0. The molecule has 1 N–H and O–H groups in total. The third-order valence-corrected chi connectivity index (χ3v) is 7.25. The van der Waals surface area contributed by atoms with Gasteiger partial charge in [0.1, 0.15) is 5.00 Å². The van der Waals surface area contributed by atoms with Crippen LogP contribution in [0.4, 0.5) is 53.3 Å². The summed E-state index contributed by atoms with van der Waals surface area (Å²) in [6.07, 6.45) is 2.77. The Bertz CT molecular complexity index is 1010. The minimum atomic E-state index is -7.43. The van der Waals surface area contributed by atoms with E-state index < -0.39 is 57.7 Å². The van der Waals surface area contributed by atoms with Gasteiger partial charge in [0.2, 0.25) is 0 Å². The Kier molecular flexibility index (Phi) is 6.43. The molecule has 3 rings (SSSR count). The molecule has 0 radical (unpaired) electrons. The van der Waals surface area contributed by atoms with Gasteiger partial charge in [0.15, 0.2) is 0 Å². The number of amides is 1. The number of rotatable bonds is 3. The van der Waals surface area contributed by atoms with E-state index in [1.165, 1.54) is 0 Å². The van der Waals surface area contributed by atoms with E-state index in [0.29, 0.717) is 35.5 Å². The number of hydrogen-bond donors (Lipinski definition) is 1. The second-order valence-electron chi connectivity index (χ2n) is 8.10. The first-order valence-electron chi connectivity index (χ1n) is 9.96. The zero-order valence-electron chi connectivity index (χ0n) is 17.5. The third kappa shape index (κ3) is 3.30. The Balaban J connectivity index is 2.17. The molecule has 1 aromatic heterocycles. The monoisotopic (exact) mass is 547 g/mol. The van der Waals surface area contributed by atoms with Gasteiger partial charge in [-0.2, -0.15) is 43.9 Å². The molecule has 0 unspecified atom stereocenters. The van der Waals surface area contributed by atoms with Crippen molar-refractivity contribution in [3.8, 4) is 0 Å². The fraction of sp³-hybridized carbons (Fsp3) is 0.684. The predicted octanol–water partition coefficient (Wildman–Crippen LogP) is 6.03. The SMILES string of the molecule is COC(=O)c1c(NC(=O)C2(F)C(F)(F)C(F)(F)C(F)(F)C(F)(F)C2(F)F)sc2c1CCCCCC2. The summed E-state index contributed by atoms with van der Waals surface area (Å²) in [5.74, 6) is -41.6. The van der Waals surface area contributed by atoms with Crippen LogP contribution in [-0.4, -0.2) is 54.3 Å². The molecule has 1 fully saturated rings. The molecule has 0 saturated heterocycles. The lowest BCUT2D eigenvalue weighted by molar-refractivity contribution is -0.475. The molecule has 1 heterocycles. The first-order chi connectivity index (χ1) is 15.8. The Morgan fingerprint density at radius 1 is 0.743 bits per heavy atom. The van der Waals surface area contributed by atoms with Crippen LogP contribution >= 0.6 is 11.3 Å². The number of carbonyl (C=O) groups excluding carboxylic acids is 2. The highest BCUT2D eigenvalue weighted by Gasteiger charge is 3.02. The van der Waals surface area contributed by atoms with Crippen molar-refractivity contribution in [3.05, 3.63) is 16.0 Å². The summed E-state index contributed by atoms with van der Waals surface area (Å²) >= 11 is 0.407. The molecule has 2 aliphatic rings. The van der Waals surface area contributed by atoms with Crippen molar-refractivity contribution < 1.29 is 62.6 Å². The first-order valence-corrected chi connectivity index (χ1v) is 10.8. The quantitative estimate of drug-likeness (QED) is 0.372. The lowest BCUT2D eigenvalue weighted by Gasteiger charge is -2.51. The molecule has 0 spiro atoms. The van der Waals surface area contributed by atoms with Gasteiger partial charge in [-0.25, -0.2) is 9.18 Å². The number of aryl methyl sites for hydroxylation is 1. The van der Waals surface area contributed by atoms with Gasteiger partial charge in [-0.1, -0.05) is 12.8 Å². The summed E-state index contributed by atoms with van der Waals surface area (Å²) in [4.78, 5) is 24.9. The van der Waals surface area contributed by atoms with E-state index in [1.807, 2.05) is 0 Å². The number of fused-ring (bicyclic) bond motifs is 1. The van der Waals surface area contributed by atoms with Gasteiger partial charge in [-0.3, -0.25) is 4.79 Å². The summed E-state index contributed by atoms with van der Waals surface area (Å²) in [5.41, 5.74) is -7.27. The van der Waals surface area contributed by atoms with E-state index in [9.17, 15) is 53.5 Å². The lowest BCUT2D eigenvalue weighted by atomic mass is 9.71. The van der Waals surface area contributed by atoms with Gasteiger partial charge in [0.25, 0.3) is 5.91 Å². The number of carbonyl (C=O) groups is 2.